The lowest BCUT2D eigenvalue weighted by molar-refractivity contribution is -0.105. The van der Waals surface area contributed by atoms with Gasteiger partial charge in [0.25, 0.3) is 10.0 Å². The zero-order valence-electron chi connectivity index (χ0n) is 10.2. The molecule has 1 aromatic heterocycles. The number of hydrogen-bond acceptors (Lipinski definition) is 7. The topological polar surface area (TPSA) is 138 Å². The molecule has 1 amide bonds. The summed E-state index contributed by atoms with van der Waals surface area (Å²) in [5, 5.41) is 17.3. The summed E-state index contributed by atoms with van der Waals surface area (Å²) in [7, 11) is -3.91. The van der Waals surface area contributed by atoms with Crippen LogP contribution in [0.25, 0.3) is 0 Å². The van der Waals surface area contributed by atoms with E-state index in [1.54, 1.807) is 0 Å². The third-order valence-electron chi connectivity index (χ3n) is 2.22. The highest BCUT2D eigenvalue weighted by Crippen LogP contribution is 2.20. The van der Waals surface area contributed by atoms with Crippen LogP contribution in [-0.4, -0.2) is 36.1 Å². The molecule has 0 atom stereocenters. The van der Waals surface area contributed by atoms with Crippen molar-refractivity contribution >= 4 is 44.6 Å². The van der Waals surface area contributed by atoms with Crippen molar-refractivity contribution in [3.05, 3.63) is 29.3 Å². The summed E-state index contributed by atoms with van der Waals surface area (Å²) in [5.41, 5.74) is 0.438. The molecule has 0 aliphatic carbocycles. The summed E-state index contributed by atoms with van der Waals surface area (Å²) in [6, 6.07) is 5.39. The molecule has 0 saturated carbocycles. The Morgan fingerprint density at radius 1 is 1.24 bits per heavy atom. The van der Waals surface area contributed by atoms with Gasteiger partial charge in [0, 0.05) is 5.69 Å². The van der Waals surface area contributed by atoms with E-state index in [1.165, 1.54) is 24.3 Å². The van der Waals surface area contributed by atoms with Crippen LogP contribution in [0.4, 0.5) is 10.8 Å². The molecule has 2 rings (SSSR count). The SMILES string of the molecule is O=CNc1ccc(S(=O)(=O)Nc2nnc(C(=O)O)s2)cc1. The quantitative estimate of drug-likeness (QED) is 0.660. The third-order valence-corrected chi connectivity index (χ3v) is 4.53. The zero-order chi connectivity index (χ0) is 15.5. The highest BCUT2D eigenvalue weighted by atomic mass is 32.2. The Bertz CT molecular complexity index is 769. The Kier molecular flexibility index (Phi) is 4.14. The van der Waals surface area contributed by atoms with Crippen molar-refractivity contribution in [2.75, 3.05) is 10.0 Å². The molecule has 2 aromatic rings. The maximum atomic E-state index is 12.0. The highest BCUT2D eigenvalue weighted by molar-refractivity contribution is 7.93. The fourth-order valence-corrected chi connectivity index (χ4v) is 3.14. The Labute approximate surface area is 122 Å². The van der Waals surface area contributed by atoms with E-state index in [0.717, 1.165) is 0 Å². The Morgan fingerprint density at radius 3 is 2.43 bits per heavy atom. The molecule has 11 heteroatoms. The number of sulfonamides is 1. The van der Waals surface area contributed by atoms with E-state index < -0.39 is 16.0 Å². The van der Waals surface area contributed by atoms with Gasteiger partial charge in [-0.1, -0.05) is 11.3 Å². The van der Waals surface area contributed by atoms with Crippen LogP contribution in [0.2, 0.25) is 0 Å². The normalized spacial score (nSPS) is 10.9. The van der Waals surface area contributed by atoms with E-state index in [4.69, 9.17) is 5.11 Å². The van der Waals surface area contributed by atoms with Crippen molar-refractivity contribution in [1.29, 1.82) is 0 Å². The molecule has 110 valence electrons. The number of carboxylic acids is 1. The minimum absolute atomic E-state index is 0.0639. The minimum Gasteiger partial charge on any atom is -0.476 e. The molecular weight excluding hydrogens is 320 g/mol. The monoisotopic (exact) mass is 328 g/mol. The molecule has 3 N–H and O–H groups in total. The molecule has 1 heterocycles. The van der Waals surface area contributed by atoms with Crippen molar-refractivity contribution < 1.29 is 23.1 Å². The van der Waals surface area contributed by atoms with Crippen molar-refractivity contribution in [3.63, 3.8) is 0 Å². The Hall–Kier alpha value is -2.53. The van der Waals surface area contributed by atoms with Gasteiger partial charge in [0.05, 0.1) is 4.90 Å². The summed E-state index contributed by atoms with van der Waals surface area (Å²) >= 11 is 0.603. The van der Waals surface area contributed by atoms with Crippen LogP contribution in [0.15, 0.2) is 29.2 Å². The molecule has 0 fully saturated rings. The van der Waals surface area contributed by atoms with Gasteiger partial charge in [0.1, 0.15) is 0 Å². The first-order valence-corrected chi connectivity index (χ1v) is 7.62. The first-order valence-electron chi connectivity index (χ1n) is 5.32. The van der Waals surface area contributed by atoms with E-state index >= 15 is 0 Å². The molecule has 0 unspecified atom stereocenters. The standard InChI is InChI=1S/C10H8N4O5S2/c15-5-11-6-1-3-7(4-2-6)21(18,19)14-10-13-12-8(20-10)9(16)17/h1-5H,(H,11,15)(H,13,14)(H,16,17). The first kappa shape index (κ1) is 14.9. The zero-order valence-corrected chi connectivity index (χ0v) is 11.8. The molecule has 0 saturated heterocycles. The number of nitrogens with one attached hydrogen (secondary N) is 2. The number of hydrogen-bond donors (Lipinski definition) is 3. The molecule has 0 aliphatic heterocycles. The van der Waals surface area contributed by atoms with Crippen molar-refractivity contribution in [3.8, 4) is 0 Å². The smallest absolute Gasteiger partial charge is 0.367 e. The summed E-state index contributed by atoms with van der Waals surface area (Å²) in [5.74, 6) is -1.29. The van der Waals surface area contributed by atoms with Crippen LogP contribution < -0.4 is 10.0 Å². The number of aromatic carboxylic acids is 1. The minimum atomic E-state index is -3.91. The van der Waals surface area contributed by atoms with Gasteiger partial charge in [-0.25, -0.2) is 13.2 Å². The van der Waals surface area contributed by atoms with Gasteiger partial charge in [-0.05, 0) is 24.3 Å². The maximum absolute atomic E-state index is 12.0. The van der Waals surface area contributed by atoms with E-state index in [9.17, 15) is 18.0 Å². The summed E-state index contributed by atoms with van der Waals surface area (Å²) in [6.45, 7) is 0. The summed E-state index contributed by atoms with van der Waals surface area (Å²) in [6.07, 6.45) is 0.469. The predicted octanol–water partition coefficient (Wildman–Crippen LogP) is 0.605. The predicted molar refractivity (Wildman–Crippen MR) is 73.8 cm³/mol. The Balaban J connectivity index is 2.20. The molecule has 21 heavy (non-hydrogen) atoms. The van der Waals surface area contributed by atoms with Gasteiger partial charge >= 0.3 is 5.97 Å². The number of aromatic nitrogens is 2. The molecule has 1 aromatic carbocycles. The van der Waals surface area contributed by atoms with Crippen molar-refractivity contribution in [1.82, 2.24) is 10.2 Å². The fourth-order valence-electron chi connectivity index (χ4n) is 1.32. The van der Waals surface area contributed by atoms with Gasteiger partial charge in [-0.2, -0.15) is 0 Å². The average molecular weight is 328 g/mol. The van der Waals surface area contributed by atoms with Crippen LogP contribution in [-0.2, 0) is 14.8 Å². The van der Waals surface area contributed by atoms with Crippen LogP contribution in [0.3, 0.4) is 0 Å². The second kappa shape index (κ2) is 5.85. The number of benzene rings is 1. The second-order valence-corrected chi connectivity index (χ2v) is 6.27. The lowest BCUT2D eigenvalue weighted by Gasteiger charge is -2.05. The lowest BCUT2D eigenvalue weighted by atomic mass is 10.3. The number of nitrogens with zero attached hydrogens (tertiary/aromatic N) is 2. The van der Waals surface area contributed by atoms with Gasteiger partial charge in [0.2, 0.25) is 16.5 Å². The third kappa shape index (κ3) is 3.52. The largest absolute Gasteiger partial charge is 0.476 e. The summed E-state index contributed by atoms with van der Waals surface area (Å²) < 4.78 is 26.2. The summed E-state index contributed by atoms with van der Waals surface area (Å²) in [4.78, 5) is 20.8. The molecule has 0 bridgehead atoms. The van der Waals surface area contributed by atoms with Crippen LogP contribution >= 0.6 is 11.3 Å². The maximum Gasteiger partial charge on any atom is 0.367 e. The second-order valence-electron chi connectivity index (χ2n) is 3.61. The van der Waals surface area contributed by atoms with E-state index in [1.807, 2.05) is 0 Å². The number of carbonyl (C=O) groups is 2. The van der Waals surface area contributed by atoms with Crippen LogP contribution in [0.1, 0.15) is 9.80 Å². The average Bonchev–Trinajstić information content (AvgIpc) is 2.88. The molecule has 9 nitrogen and oxygen atoms in total. The van der Waals surface area contributed by atoms with E-state index in [-0.39, 0.29) is 15.0 Å². The lowest BCUT2D eigenvalue weighted by Crippen LogP contribution is -2.12. The van der Waals surface area contributed by atoms with Crippen LogP contribution in [0, 0.1) is 0 Å². The number of carbonyl (C=O) groups excluding carboxylic acids is 1. The van der Waals surface area contributed by atoms with Gasteiger partial charge in [-0.3, -0.25) is 9.52 Å². The number of anilines is 2. The van der Waals surface area contributed by atoms with Crippen LogP contribution in [0.5, 0.6) is 0 Å². The van der Waals surface area contributed by atoms with E-state index in [2.05, 4.69) is 20.2 Å². The fraction of sp³-hybridized carbons (Fsp3) is 0. The first-order chi connectivity index (χ1) is 9.92. The number of amides is 1. The Morgan fingerprint density at radius 2 is 1.90 bits per heavy atom. The number of rotatable bonds is 6. The number of carboxylic acid groups (broad SMARTS) is 1. The van der Waals surface area contributed by atoms with E-state index in [0.29, 0.717) is 23.4 Å². The van der Waals surface area contributed by atoms with Gasteiger partial charge in [0.15, 0.2) is 0 Å². The van der Waals surface area contributed by atoms with Gasteiger partial charge in [-0.15, -0.1) is 10.2 Å². The highest BCUT2D eigenvalue weighted by Gasteiger charge is 2.18. The molecular formula is C10H8N4O5S2. The molecule has 0 aliphatic rings. The van der Waals surface area contributed by atoms with Crippen molar-refractivity contribution in [2.45, 2.75) is 4.90 Å². The molecule has 0 spiro atoms. The molecule has 0 radical (unpaired) electrons. The van der Waals surface area contributed by atoms with Crippen molar-refractivity contribution in [2.24, 2.45) is 0 Å². The van der Waals surface area contributed by atoms with Gasteiger partial charge < -0.3 is 10.4 Å².